The average molecular weight is 1770 g/mol. The first-order valence-corrected chi connectivity index (χ1v) is 37.3. The number of aromatic carboxylic acids is 1. The van der Waals surface area contributed by atoms with Crippen molar-refractivity contribution < 1.29 is 128 Å². The number of halogens is 8. The second kappa shape index (κ2) is 45.8. The zero-order valence-corrected chi connectivity index (χ0v) is 76.1. The first-order valence-electron chi connectivity index (χ1n) is 35.7. The number of aryl methyl sites for hydroxylation is 6. The van der Waals surface area contributed by atoms with Crippen molar-refractivity contribution in [3.8, 4) is 44.9 Å². The minimum absolute atomic E-state index is 0. The molecule has 0 unspecified atom stereocenters. The number of Topliss-reactive ketones (excluding diaryl/α,β-unsaturated/α-hetero) is 1. The monoisotopic (exact) mass is 1760 g/mol. The van der Waals surface area contributed by atoms with Crippen molar-refractivity contribution in [3.63, 3.8) is 0 Å². The maximum atomic E-state index is 13.9. The van der Waals surface area contributed by atoms with Crippen molar-refractivity contribution in [3.05, 3.63) is 213 Å². The number of methoxy groups -OCH3 is 2. The topological polar surface area (TPSA) is 326 Å². The second-order valence-corrected chi connectivity index (χ2v) is 30.7. The zero-order valence-electron chi connectivity index (χ0n) is 69.4. The summed E-state index contributed by atoms with van der Waals surface area (Å²) in [6, 6.07) is 14.1. The number of esters is 2. The summed E-state index contributed by atoms with van der Waals surface area (Å²) < 4.78 is 83.0. The van der Waals surface area contributed by atoms with Crippen LogP contribution in [0.1, 0.15) is 156 Å². The van der Waals surface area contributed by atoms with Crippen LogP contribution in [0.3, 0.4) is 0 Å². The molecule has 1 aliphatic heterocycles. The van der Waals surface area contributed by atoms with Gasteiger partial charge in [0.15, 0.2) is 5.78 Å². The quantitative estimate of drug-likeness (QED) is 0.0547. The van der Waals surface area contributed by atoms with Crippen molar-refractivity contribution in [2.75, 3.05) is 27.9 Å². The Balaban J connectivity index is 0.000000366. The SMILES string of the molecule is CC(C)(C)[O-].CC(C)Oc1cc(-c2cnn(C)c2)cc(C(=O)O)c1Cl.CC1=CC(C)=C(CNC(=O)c2cc(-c3cnn(C)c3)cc(OC(C)C)c2Cl)C(=O)C1.COC(=O)c1cc(-c2cnn(C)c2)cc(F)c1Cl.COC(=O)c1cc(B2OC(C)(C)C(C)(C)O2)cc(F)c1Cl.Cc1cc(C)c(CN)c(=O)[nH]1.Cn1cc(Br)cn1.[2H]CF.[K+]. The van der Waals surface area contributed by atoms with Gasteiger partial charge in [0, 0.05) is 106 Å². The van der Waals surface area contributed by atoms with Gasteiger partial charge in [0.2, 0.25) is 0 Å². The Morgan fingerprint density at radius 1 is 0.678 bits per heavy atom. The van der Waals surface area contributed by atoms with Gasteiger partial charge in [-0.05, 0) is 187 Å². The summed E-state index contributed by atoms with van der Waals surface area (Å²) in [4.78, 5) is 73.6. The van der Waals surface area contributed by atoms with Crippen molar-refractivity contribution in [1.82, 2.24) is 49.4 Å². The number of hydrogen-bond acceptors (Lipinski definition) is 18. The number of carbonyl (C=O) groups excluding carboxylic acids is 4. The molecule has 35 heteroatoms. The number of carboxylic acid groups (broad SMARTS) is 1. The number of ketones is 1. The maximum absolute atomic E-state index is 13.9. The number of hydrogen-bond donors (Lipinski definition) is 4. The molecule has 1 aliphatic carbocycles. The summed E-state index contributed by atoms with van der Waals surface area (Å²) in [6.45, 7) is 28.0. The van der Waals surface area contributed by atoms with Crippen LogP contribution in [-0.4, -0.2) is 143 Å². The molecule has 1 saturated heterocycles. The van der Waals surface area contributed by atoms with Crippen LogP contribution >= 0.6 is 62.3 Å². The minimum atomic E-state index is -1.09. The predicted molar refractivity (Wildman–Crippen MR) is 440 cm³/mol. The summed E-state index contributed by atoms with van der Waals surface area (Å²) in [5, 5.41) is 38.2. The van der Waals surface area contributed by atoms with Crippen molar-refractivity contribution in [1.29, 1.82) is 0 Å². The fourth-order valence-corrected chi connectivity index (χ4v) is 11.6. The number of aromatic amines is 1. The van der Waals surface area contributed by atoms with Crippen LogP contribution in [0.5, 0.6) is 11.5 Å². The molecule has 6 heterocycles. The molecule has 0 spiro atoms. The van der Waals surface area contributed by atoms with Crippen LogP contribution in [0.15, 0.2) is 136 Å². The number of nitrogens with zero attached hydrogens (tertiary/aromatic N) is 8. The summed E-state index contributed by atoms with van der Waals surface area (Å²) in [7, 11) is 7.90. The van der Waals surface area contributed by atoms with E-state index in [1.54, 1.807) is 109 Å². The second-order valence-electron chi connectivity index (χ2n) is 28.3. The summed E-state index contributed by atoms with van der Waals surface area (Å²) in [5.41, 5.74) is 13.5. The van der Waals surface area contributed by atoms with E-state index in [1.165, 1.54) is 44.6 Å². The smallest absolute Gasteiger partial charge is 0.850 e. The van der Waals surface area contributed by atoms with E-state index in [-0.39, 0.29) is 124 Å². The Hall–Kier alpha value is -7.73. The van der Waals surface area contributed by atoms with Gasteiger partial charge in [0.1, 0.15) is 23.1 Å². The molecule has 616 valence electrons. The molecule has 0 bridgehead atoms. The molecule has 11 rings (SSSR count). The van der Waals surface area contributed by atoms with E-state index in [2.05, 4.69) is 56.1 Å². The summed E-state index contributed by atoms with van der Waals surface area (Å²) >= 11 is 27.4. The number of aromatic nitrogens is 9. The third-order valence-electron chi connectivity index (χ3n) is 16.3. The van der Waals surface area contributed by atoms with Gasteiger partial charge in [0.25, 0.3) is 11.5 Å². The Kier molecular flexibility index (Phi) is 39.7. The molecule has 2 aliphatic rings. The van der Waals surface area contributed by atoms with Gasteiger partial charge < -0.3 is 54.5 Å². The average Bonchev–Trinajstić information content (AvgIpc) is 1.61. The van der Waals surface area contributed by atoms with Crippen LogP contribution in [0.2, 0.25) is 20.1 Å². The number of alkyl halides is 1. The van der Waals surface area contributed by atoms with Gasteiger partial charge in [-0.1, -0.05) is 78.8 Å². The molecule has 1 amide bonds. The van der Waals surface area contributed by atoms with Crippen molar-refractivity contribution in [2.45, 2.75) is 146 Å². The number of H-pyrrole nitrogens is 1. The standard InChI is InChI=1S/C23H26ClN3O3.C14H17BClFO4.C14H15ClN2O3.C12H10ClFN2O2.C8H12N2O.C4H5BrN2.C4H9O.CH3F.K/c1-13(2)30-21-9-16(17-10-26-27(5)12-17)8-18(22(21)24)23(29)25-11-19-15(4)6-14(3)7-20(19)28;1-13(2)14(3,4)21-15(20-13)8-6-9(12(18)19-5)11(16)10(17)7-8;1-8(2)20-12-5-9(10-6-16-17(3)7-10)4-11(13(12)15)14(18)19;1-16-6-8(5-15-16)7-3-9(12(17)18-2)11(13)10(14)4-7;1-5-3-6(2)10-8(11)7(5)4-9;1-7-3-4(5)2-6-7;1-4(2,3)5;1-2;/h6,8-10,12-13H,7,11H2,1-5H3,(H,25,29);6-7H,1-5H3;4-8H,1-3H3,(H,18,19);3-6H,1-2H3;3H,4,9H2,1-2H3,(H,10,11);2-3H,1H3;1-3H3;1H3;/q;;;;;;-1;;+1/i;;;;;;;1D;. The zero-order chi connectivity index (χ0) is 87.1. The molecule has 5 N–H and O–H groups in total. The summed E-state index contributed by atoms with van der Waals surface area (Å²) in [5.74, 6) is -3.40. The number of rotatable bonds is 15. The fourth-order valence-electron chi connectivity index (χ4n) is 10.4. The molecular weight excluding hydrogens is 1670 g/mol. The molecule has 115 heavy (non-hydrogen) atoms. The third-order valence-corrected chi connectivity index (χ3v) is 18.3. The normalized spacial score (nSPS) is 13.1. The largest absolute Gasteiger partial charge is 1.00 e. The Morgan fingerprint density at radius 2 is 1.08 bits per heavy atom. The van der Waals surface area contributed by atoms with Crippen molar-refractivity contribution in [2.24, 2.45) is 33.9 Å². The number of amides is 1. The summed E-state index contributed by atoms with van der Waals surface area (Å²) in [6.07, 6.45) is 16.1. The van der Waals surface area contributed by atoms with Gasteiger partial charge in [0.05, 0.1) is 118 Å². The number of allylic oxidation sites excluding steroid dienone is 3. The molecule has 0 saturated carbocycles. The van der Waals surface area contributed by atoms with Gasteiger partial charge >= 0.3 is 76.4 Å². The molecule has 5 aromatic heterocycles. The van der Waals surface area contributed by atoms with Crippen LogP contribution in [0.25, 0.3) is 33.4 Å². The number of nitrogens with two attached hydrogens (primary N) is 1. The molecule has 25 nitrogen and oxygen atoms in total. The minimum Gasteiger partial charge on any atom is -0.850 e. The van der Waals surface area contributed by atoms with E-state index in [1.807, 2.05) is 122 Å². The number of pyridine rings is 1. The first kappa shape index (κ1) is 99.6. The maximum Gasteiger partial charge on any atom is 1.00 e. The number of ether oxygens (including phenoxy) is 4. The molecule has 1 fully saturated rings. The Bertz CT molecular complexity index is 4990. The molecular formula is C80H97BBrCl4F3KN11O14. The number of nitrogens with one attached hydrogen (secondary N) is 2. The van der Waals surface area contributed by atoms with E-state index in [9.17, 15) is 52.2 Å². The fraction of sp³-hybridized carbons (Fsp3) is 0.375. The number of carbonyl (C=O) groups is 5. The van der Waals surface area contributed by atoms with E-state index in [4.69, 9.17) is 72.3 Å². The van der Waals surface area contributed by atoms with Gasteiger partial charge in [-0.25, -0.2) is 23.2 Å². The predicted octanol–water partition coefficient (Wildman–Crippen LogP) is 12.3. The number of carboxylic acids is 1. The van der Waals surface area contributed by atoms with Gasteiger partial charge in [-0.2, -0.15) is 20.4 Å². The van der Waals surface area contributed by atoms with E-state index in [0.29, 0.717) is 63.3 Å². The molecule has 4 aromatic carbocycles. The number of benzene rings is 4. The van der Waals surface area contributed by atoms with Gasteiger partial charge in [-0.15, -0.1) is 5.60 Å². The Labute approximate surface area is 740 Å². The van der Waals surface area contributed by atoms with E-state index >= 15 is 0 Å². The van der Waals surface area contributed by atoms with Crippen LogP contribution in [0.4, 0.5) is 13.2 Å². The van der Waals surface area contributed by atoms with Gasteiger partial charge in [-0.3, -0.25) is 37.5 Å². The van der Waals surface area contributed by atoms with Crippen molar-refractivity contribution >= 4 is 105 Å². The molecule has 0 atom stereocenters. The van der Waals surface area contributed by atoms with Crippen LogP contribution in [-0.2, 0) is 58.3 Å². The molecule has 0 radical (unpaired) electrons. The third kappa shape index (κ3) is 30.6. The van der Waals surface area contributed by atoms with Crippen LogP contribution < -0.4 is 88.0 Å². The Morgan fingerprint density at radius 3 is 1.44 bits per heavy atom. The molecule has 9 aromatic rings. The van der Waals surface area contributed by atoms with E-state index < -0.39 is 60.6 Å². The first-order chi connectivity index (χ1) is 53.5. The van der Waals surface area contributed by atoms with E-state index in [0.717, 1.165) is 43.6 Å². The van der Waals surface area contributed by atoms with Crippen LogP contribution in [0, 0.1) is 25.5 Å².